The summed E-state index contributed by atoms with van der Waals surface area (Å²) in [5.74, 6) is -0.142. The number of halogens is 1. The van der Waals surface area contributed by atoms with Gasteiger partial charge in [-0.25, -0.2) is 13.4 Å². The molecule has 1 aromatic heterocycles. The number of nitrogens with zero attached hydrogens (tertiary/aromatic N) is 2. The number of sulfone groups is 1. The van der Waals surface area contributed by atoms with Crippen molar-refractivity contribution in [3.63, 3.8) is 0 Å². The van der Waals surface area contributed by atoms with Crippen molar-refractivity contribution < 1.29 is 13.2 Å². The Kier molecular flexibility index (Phi) is 4.70. The summed E-state index contributed by atoms with van der Waals surface area (Å²) in [7, 11) is -3.50. The van der Waals surface area contributed by atoms with Crippen LogP contribution < -0.4 is 0 Å². The average molecular weight is 421 g/mol. The number of thiazole rings is 1. The predicted octanol–water partition coefficient (Wildman–Crippen LogP) is 3.95. The number of hydrogen-bond acceptors (Lipinski definition) is 5. The largest absolute Gasteiger partial charge is 0.337 e. The van der Waals surface area contributed by atoms with Crippen LogP contribution in [0.1, 0.15) is 21.8 Å². The van der Waals surface area contributed by atoms with Crippen LogP contribution in [-0.4, -0.2) is 42.5 Å². The second kappa shape index (κ2) is 6.89. The number of amides is 1. The Bertz CT molecular complexity index is 1120. The van der Waals surface area contributed by atoms with Gasteiger partial charge in [0.05, 0.1) is 25.4 Å². The highest BCUT2D eigenvalue weighted by atomic mass is 35.5. The van der Waals surface area contributed by atoms with Crippen molar-refractivity contribution in [2.45, 2.75) is 23.5 Å². The van der Waals surface area contributed by atoms with Gasteiger partial charge in [-0.3, -0.25) is 4.79 Å². The second-order valence-corrected chi connectivity index (χ2v) is 10.5. The number of aryl methyl sites for hydroxylation is 1. The number of benzene rings is 2. The number of likely N-dealkylation sites (tertiary alicyclic amines) is 1. The van der Waals surface area contributed by atoms with Crippen LogP contribution in [0.2, 0.25) is 5.02 Å². The molecule has 27 heavy (non-hydrogen) atoms. The van der Waals surface area contributed by atoms with Crippen LogP contribution in [0.15, 0.2) is 47.4 Å². The summed E-state index contributed by atoms with van der Waals surface area (Å²) in [6, 6.07) is 11.6. The molecule has 1 aliphatic heterocycles. The lowest BCUT2D eigenvalue weighted by molar-refractivity contribution is 0.0793. The highest BCUT2D eigenvalue weighted by molar-refractivity contribution is 7.92. The second-order valence-electron chi connectivity index (χ2n) is 6.58. The minimum Gasteiger partial charge on any atom is -0.337 e. The molecule has 2 heterocycles. The smallest absolute Gasteiger partial charge is 0.253 e. The van der Waals surface area contributed by atoms with E-state index in [0.29, 0.717) is 23.6 Å². The van der Waals surface area contributed by atoms with Crippen molar-refractivity contribution in [1.29, 1.82) is 0 Å². The molecule has 0 N–H and O–H groups in total. The average Bonchev–Trinajstić information content (AvgIpc) is 3.27. The molecule has 2 aromatic carbocycles. The number of rotatable bonds is 3. The summed E-state index contributed by atoms with van der Waals surface area (Å²) in [6.07, 6.45) is 0.429. The van der Waals surface area contributed by atoms with E-state index >= 15 is 0 Å². The van der Waals surface area contributed by atoms with Gasteiger partial charge in [0.25, 0.3) is 5.91 Å². The van der Waals surface area contributed by atoms with Gasteiger partial charge in [-0.05, 0) is 55.8 Å². The van der Waals surface area contributed by atoms with Gasteiger partial charge in [-0.2, -0.15) is 0 Å². The fourth-order valence-corrected chi connectivity index (χ4v) is 6.02. The van der Waals surface area contributed by atoms with Crippen molar-refractivity contribution >= 4 is 48.9 Å². The molecule has 0 saturated carbocycles. The fraction of sp³-hybridized carbons (Fsp3) is 0.263. The Labute approximate surface area is 166 Å². The van der Waals surface area contributed by atoms with Crippen molar-refractivity contribution in [2.24, 2.45) is 0 Å². The van der Waals surface area contributed by atoms with Crippen molar-refractivity contribution in [1.82, 2.24) is 9.88 Å². The summed E-state index contributed by atoms with van der Waals surface area (Å²) in [5.41, 5.74) is 1.44. The maximum absolute atomic E-state index is 12.8. The van der Waals surface area contributed by atoms with E-state index in [2.05, 4.69) is 4.98 Å². The highest BCUT2D eigenvalue weighted by Crippen LogP contribution is 2.27. The molecule has 0 bridgehead atoms. The molecule has 3 aromatic rings. The van der Waals surface area contributed by atoms with Crippen molar-refractivity contribution in [3.05, 3.63) is 58.1 Å². The van der Waals surface area contributed by atoms with Gasteiger partial charge in [-0.1, -0.05) is 11.6 Å². The molecule has 0 radical (unpaired) electrons. The van der Waals surface area contributed by atoms with Crippen molar-refractivity contribution in [2.75, 3.05) is 13.1 Å². The van der Waals surface area contributed by atoms with Gasteiger partial charge in [0.15, 0.2) is 9.84 Å². The van der Waals surface area contributed by atoms with E-state index in [1.165, 1.54) is 12.1 Å². The molecule has 5 nitrogen and oxygen atoms in total. The molecule has 8 heteroatoms. The first-order valence-corrected chi connectivity index (χ1v) is 11.2. The van der Waals surface area contributed by atoms with Gasteiger partial charge in [0, 0.05) is 23.7 Å². The van der Waals surface area contributed by atoms with E-state index in [0.717, 1.165) is 15.2 Å². The van der Waals surface area contributed by atoms with E-state index in [4.69, 9.17) is 11.6 Å². The zero-order chi connectivity index (χ0) is 19.2. The molecule has 1 saturated heterocycles. The van der Waals surface area contributed by atoms with Crippen LogP contribution in [0.3, 0.4) is 0 Å². The number of aromatic nitrogens is 1. The molecule has 1 atom stereocenters. The molecule has 1 amide bonds. The molecule has 1 unspecified atom stereocenters. The standard InChI is InChI=1S/C19H17ClN2O3S2/c1-12-21-17-7-2-13(10-18(17)26-12)19(23)22-9-8-16(11-22)27(24,25)15-5-3-14(20)4-6-15/h2-7,10,16H,8-9,11H2,1H3. The van der Waals surface area contributed by atoms with Crippen LogP contribution >= 0.6 is 22.9 Å². The lowest BCUT2D eigenvalue weighted by Crippen LogP contribution is -2.31. The lowest BCUT2D eigenvalue weighted by Gasteiger charge is -2.17. The summed E-state index contributed by atoms with van der Waals surface area (Å²) in [6.45, 7) is 2.55. The van der Waals surface area contributed by atoms with Gasteiger partial charge < -0.3 is 4.90 Å². The number of fused-ring (bicyclic) bond motifs is 1. The predicted molar refractivity (Wildman–Crippen MR) is 107 cm³/mol. The molecule has 1 aliphatic rings. The van der Waals surface area contributed by atoms with Gasteiger partial charge in [-0.15, -0.1) is 11.3 Å². The van der Waals surface area contributed by atoms with Crippen LogP contribution in [0.5, 0.6) is 0 Å². The maximum atomic E-state index is 12.8. The minimum atomic E-state index is -3.50. The third kappa shape index (κ3) is 3.47. The first-order valence-electron chi connectivity index (χ1n) is 8.50. The normalized spacial score (nSPS) is 17.6. The highest BCUT2D eigenvalue weighted by Gasteiger charge is 2.36. The van der Waals surface area contributed by atoms with Crippen molar-refractivity contribution in [3.8, 4) is 0 Å². The molecule has 4 rings (SSSR count). The van der Waals surface area contributed by atoms with E-state index in [-0.39, 0.29) is 17.3 Å². The van der Waals surface area contributed by atoms with Crippen LogP contribution in [-0.2, 0) is 9.84 Å². The molecular weight excluding hydrogens is 404 g/mol. The lowest BCUT2D eigenvalue weighted by atomic mass is 10.2. The Morgan fingerprint density at radius 1 is 1.22 bits per heavy atom. The Hall–Kier alpha value is -1.96. The first kappa shape index (κ1) is 18.4. The van der Waals surface area contributed by atoms with Gasteiger partial charge in [0.2, 0.25) is 0 Å². The zero-order valence-electron chi connectivity index (χ0n) is 14.6. The van der Waals surface area contributed by atoms with E-state index in [1.807, 2.05) is 19.1 Å². The summed E-state index contributed by atoms with van der Waals surface area (Å²) < 4.78 is 26.6. The molecule has 1 fully saturated rings. The Balaban J connectivity index is 1.54. The summed E-state index contributed by atoms with van der Waals surface area (Å²) >= 11 is 7.39. The van der Waals surface area contributed by atoms with Gasteiger partial charge in [0.1, 0.15) is 0 Å². The van der Waals surface area contributed by atoms with E-state index in [9.17, 15) is 13.2 Å². The topological polar surface area (TPSA) is 67.3 Å². The molecular formula is C19H17ClN2O3S2. The third-order valence-corrected chi connectivity index (χ3v) is 8.13. The van der Waals surface area contributed by atoms with E-state index < -0.39 is 15.1 Å². The summed E-state index contributed by atoms with van der Waals surface area (Å²) in [5, 5.41) is 0.841. The molecule has 0 aliphatic carbocycles. The quantitative estimate of drug-likeness (QED) is 0.643. The number of carbonyl (C=O) groups is 1. The monoisotopic (exact) mass is 420 g/mol. The van der Waals surface area contributed by atoms with Crippen LogP contribution in [0, 0.1) is 6.92 Å². The van der Waals surface area contributed by atoms with Gasteiger partial charge >= 0.3 is 0 Å². The first-order chi connectivity index (χ1) is 12.8. The zero-order valence-corrected chi connectivity index (χ0v) is 16.9. The van der Waals surface area contributed by atoms with Crippen LogP contribution in [0.4, 0.5) is 0 Å². The Morgan fingerprint density at radius 2 is 1.96 bits per heavy atom. The minimum absolute atomic E-state index is 0.142. The number of carbonyl (C=O) groups excluding carboxylic acids is 1. The Morgan fingerprint density at radius 3 is 2.70 bits per heavy atom. The molecule has 0 spiro atoms. The number of hydrogen-bond donors (Lipinski definition) is 0. The SMILES string of the molecule is Cc1nc2ccc(C(=O)N3CCC(S(=O)(=O)c4ccc(Cl)cc4)C3)cc2s1. The van der Waals surface area contributed by atoms with E-state index in [1.54, 1.807) is 34.4 Å². The summed E-state index contributed by atoms with van der Waals surface area (Å²) in [4.78, 5) is 19.1. The fourth-order valence-electron chi connectivity index (χ4n) is 3.34. The maximum Gasteiger partial charge on any atom is 0.253 e. The van der Waals surface area contributed by atoms with Crippen LogP contribution in [0.25, 0.3) is 10.2 Å². The third-order valence-electron chi connectivity index (χ3n) is 4.76. The molecule has 140 valence electrons.